The molecule has 0 bridgehead atoms. The summed E-state index contributed by atoms with van der Waals surface area (Å²) in [5.41, 5.74) is 1.89. The quantitative estimate of drug-likeness (QED) is 0.595. The molecule has 0 aliphatic carbocycles. The molecule has 0 saturated heterocycles. The van der Waals surface area contributed by atoms with Gasteiger partial charge in [0.15, 0.2) is 0 Å². The molecule has 0 heterocycles. The summed E-state index contributed by atoms with van der Waals surface area (Å²) in [6.45, 7) is 7.85. The topological polar surface area (TPSA) is 9.23 Å². The normalized spacial score (nSPS) is 16.3. The molecule has 15 heavy (non-hydrogen) atoms. The maximum atomic E-state index is 13.5. The van der Waals surface area contributed by atoms with Crippen molar-refractivity contribution in [2.45, 2.75) is 53.1 Å². The Hall–Kier alpha value is -0.630. The van der Waals surface area contributed by atoms with Crippen LogP contribution in [0.5, 0.6) is 0 Å². The molecule has 1 unspecified atom stereocenters. The van der Waals surface area contributed by atoms with Gasteiger partial charge >= 0.3 is 0 Å². The van der Waals surface area contributed by atoms with Crippen LogP contribution in [0.1, 0.15) is 47.0 Å². The van der Waals surface area contributed by atoms with Crippen molar-refractivity contribution in [1.29, 1.82) is 0 Å². The Kier molecular flexibility index (Phi) is 7.31. The zero-order chi connectivity index (χ0) is 11.8. The molecule has 0 N–H and O–H groups in total. The summed E-state index contributed by atoms with van der Waals surface area (Å²) in [5, 5.41) is 0. The Morgan fingerprint density at radius 1 is 1.40 bits per heavy atom. The van der Waals surface area contributed by atoms with Crippen LogP contribution in [0, 0.1) is 0 Å². The Morgan fingerprint density at radius 3 is 2.40 bits per heavy atom. The lowest BCUT2D eigenvalue weighted by molar-refractivity contribution is 0.147. The van der Waals surface area contributed by atoms with Crippen LogP contribution < -0.4 is 0 Å². The fourth-order valence-corrected chi connectivity index (χ4v) is 1.36. The summed E-state index contributed by atoms with van der Waals surface area (Å²) < 4.78 is 18.7. The number of halogens is 1. The van der Waals surface area contributed by atoms with Gasteiger partial charge in [0.05, 0.1) is 6.10 Å². The third kappa shape index (κ3) is 5.12. The molecule has 0 amide bonds. The predicted molar refractivity (Wildman–Crippen MR) is 63.6 cm³/mol. The van der Waals surface area contributed by atoms with Crippen molar-refractivity contribution >= 4 is 0 Å². The van der Waals surface area contributed by atoms with Gasteiger partial charge in [-0.3, -0.25) is 0 Å². The van der Waals surface area contributed by atoms with Crippen LogP contribution in [0.4, 0.5) is 4.39 Å². The third-order valence-electron chi connectivity index (χ3n) is 2.57. The van der Waals surface area contributed by atoms with Crippen molar-refractivity contribution in [2.75, 3.05) is 7.11 Å². The van der Waals surface area contributed by atoms with E-state index >= 15 is 0 Å². The van der Waals surface area contributed by atoms with E-state index in [4.69, 9.17) is 4.74 Å². The molecule has 0 aromatic rings. The van der Waals surface area contributed by atoms with E-state index in [2.05, 4.69) is 6.92 Å². The van der Waals surface area contributed by atoms with Crippen molar-refractivity contribution in [3.8, 4) is 0 Å². The Balaban J connectivity index is 4.81. The molecule has 88 valence electrons. The Morgan fingerprint density at radius 2 is 2.00 bits per heavy atom. The van der Waals surface area contributed by atoms with Crippen LogP contribution in [-0.4, -0.2) is 13.2 Å². The molecule has 0 fully saturated rings. The molecular formula is C13H23FO. The van der Waals surface area contributed by atoms with Gasteiger partial charge in [-0.15, -0.1) is 0 Å². The van der Waals surface area contributed by atoms with Crippen LogP contribution in [-0.2, 0) is 4.74 Å². The first-order valence-electron chi connectivity index (χ1n) is 5.65. The van der Waals surface area contributed by atoms with E-state index in [0.29, 0.717) is 6.42 Å². The van der Waals surface area contributed by atoms with Gasteiger partial charge in [-0.2, -0.15) is 0 Å². The molecular weight excluding hydrogens is 191 g/mol. The summed E-state index contributed by atoms with van der Waals surface area (Å²) in [5.74, 6) is -0.000460. The summed E-state index contributed by atoms with van der Waals surface area (Å²) >= 11 is 0. The van der Waals surface area contributed by atoms with Gasteiger partial charge in [0.1, 0.15) is 5.83 Å². The van der Waals surface area contributed by atoms with Crippen LogP contribution in [0.25, 0.3) is 0 Å². The van der Waals surface area contributed by atoms with E-state index < -0.39 is 0 Å². The predicted octanol–water partition coefficient (Wildman–Crippen LogP) is 4.40. The van der Waals surface area contributed by atoms with E-state index in [-0.39, 0.29) is 11.9 Å². The summed E-state index contributed by atoms with van der Waals surface area (Å²) in [6, 6.07) is 0. The number of hydrogen-bond donors (Lipinski definition) is 0. The SMILES string of the molecule is CCCC(/C=C(\C)C(C)OC)=C(\F)CC. The van der Waals surface area contributed by atoms with Gasteiger partial charge in [0.2, 0.25) is 0 Å². The van der Waals surface area contributed by atoms with Gasteiger partial charge in [-0.25, -0.2) is 4.39 Å². The number of hydrogen-bond acceptors (Lipinski definition) is 1. The molecule has 0 aliphatic heterocycles. The molecule has 0 radical (unpaired) electrons. The number of allylic oxidation sites excluding steroid dienone is 3. The van der Waals surface area contributed by atoms with E-state index in [1.165, 1.54) is 0 Å². The molecule has 0 spiro atoms. The highest BCUT2D eigenvalue weighted by atomic mass is 19.1. The zero-order valence-electron chi connectivity index (χ0n) is 10.6. The summed E-state index contributed by atoms with van der Waals surface area (Å²) in [4.78, 5) is 0. The fourth-order valence-electron chi connectivity index (χ4n) is 1.36. The van der Waals surface area contributed by atoms with Crippen molar-refractivity contribution in [1.82, 2.24) is 0 Å². The monoisotopic (exact) mass is 214 g/mol. The molecule has 0 aliphatic rings. The minimum Gasteiger partial charge on any atom is -0.377 e. The van der Waals surface area contributed by atoms with Gasteiger partial charge in [0, 0.05) is 7.11 Å². The third-order valence-corrected chi connectivity index (χ3v) is 2.57. The fraction of sp³-hybridized carbons (Fsp3) is 0.692. The molecule has 0 aromatic heterocycles. The molecule has 0 aromatic carbocycles. The van der Waals surface area contributed by atoms with Crippen molar-refractivity contribution in [2.24, 2.45) is 0 Å². The summed E-state index contributed by atoms with van der Waals surface area (Å²) in [7, 11) is 1.67. The van der Waals surface area contributed by atoms with Crippen LogP contribution >= 0.6 is 0 Å². The Bertz CT molecular complexity index is 241. The second-order valence-corrected chi connectivity index (χ2v) is 3.80. The first kappa shape index (κ1) is 14.4. The van der Waals surface area contributed by atoms with Gasteiger partial charge in [0.25, 0.3) is 0 Å². The minimum atomic E-state index is -0.000460. The zero-order valence-corrected chi connectivity index (χ0v) is 10.6. The number of rotatable bonds is 6. The lowest BCUT2D eigenvalue weighted by atomic mass is 10.0. The highest BCUT2D eigenvalue weighted by molar-refractivity contribution is 5.27. The van der Waals surface area contributed by atoms with Gasteiger partial charge < -0.3 is 4.74 Å². The highest BCUT2D eigenvalue weighted by Gasteiger charge is 2.06. The molecule has 0 saturated carbocycles. The number of ether oxygens (including phenoxy) is 1. The van der Waals surface area contributed by atoms with E-state index in [9.17, 15) is 4.39 Å². The van der Waals surface area contributed by atoms with Gasteiger partial charge in [-0.1, -0.05) is 26.3 Å². The number of methoxy groups -OCH3 is 1. The maximum Gasteiger partial charge on any atom is 0.103 e. The van der Waals surface area contributed by atoms with E-state index in [1.807, 2.05) is 26.8 Å². The van der Waals surface area contributed by atoms with Crippen molar-refractivity contribution < 1.29 is 9.13 Å². The summed E-state index contributed by atoms with van der Waals surface area (Å²) in [6.07, 6.45) is 4.22. The lowest BCUT2D eigenvalue weighted by Gasteiger charge is -2.11. The van der Waals surface area contributed by atoms with Crippen molar-refractivity contribution in [3.63, 3.8) is 0 Å². The first-order chi connectivity index (χ1) is 7.06. The van der Waals surface area contributed by atoms with Crippen LogP contribution in [0.15, 0.2) is 23.0 Å². The van der Waals surface area contributed by atoms with Crippen molar-refractivity contribution in [3.05, 3.63) is 23.0 Å². The van der Waals surface area contributed by atoms with E-state index in [1.54, 1.807) is 7.11 Å². The minimum absolute atomic E-state index is 0.000460. The molecule has 0 rings (SSSR count). The molecule has 1 atom stereocenters. The standard InChI is InChI=1S/C13H23FO/c1-6-8-12(13(14)7-2)9-10(3)11(4)15-5/h9,11H,6-8H2,1-5H3/b10-9+,13-12+. The average molecular weight is 214 g/mol. The van der Waals surface area contributed by atoms with Gasteiger partial charge in [-0.05, 0) is 37.8 Å². The Labute approximate surface area is 93.0 Å². The largest absolute Gasteiger partial charge is 0.377 e. The molecule has 2 heteroatoms. The smallest absolute Gasteiger partial charge is 0.103 e. The average Bonchev–Trinajstić information content (AvgIpc) is 2.26. The maximum absolute atomic E-state index is 13.5. The van der Waals surface area contributed by atoms with E-state index in [0.717, 1.165) is 24.0 Å². The van der Waals surface area contributed by atoms with Crippen LogP contribution in [0.2, 0.25) is 0 Å². The lowest BCUT2D eigenvalue weighted by Crippen LogP contribution is -2.06. The highest BCUT2D eigenvalue weighted by Crippen LogP contribution is 2.20. The molecule has 1 nitrogen and oxygen atoms in total. The first-order valence-corrected chi connectivity index (χ1v) is 5.65. The van der Waals surface area contributed by atoms with Crippen LogP contribution in [0.3, 0.4) is 0 Å². The second-order valence-electron chi connectivity index (χ2n) is 3.80. The second kappa shape index (κ2) is 7.63.